The molecule has 0 spiro atoms. The van der Waals surface area contributed by atoms with Gasteiger partial charge in [-0.2, -0.15) is 0 Å². The standard InChI is InChI=1S/C20H27N3O2/c1-15(2)19-13-18(21-25-19)20(24)22(3)17-9-11-23(12-10-17)14-16-7-5-4-6-8-16/h4-8,13,15,17H,9-12,14H2,1-3H3. The van der Waals surface area contributed by atoms with E-state index in [4.69, 9.17) is 4.52 Å². The van der Waals surface area contributed by atoms with Crippen LogP contribution in [0.15, 0.2) is 40.9 Å². The third-order valence-corrected chi connectivity index (χ3v) is 4.99. The fraction of sp³-hybridized carbons (Fsp3) is 0.500. The molecule has 134 valence electrons. The smallest absolute Gasteiger partial charge is 0.276 e. The van der Waals surface area contributed by atoms with Gasteiger partial charge in [-0.15, -0.1) is 0 Å². The topological polar surface area (TPSA) is 49.6 Å². The first-order chi connectivity index (χ1) is 12.0. The van der Waals surface area contributed by atoms with Crippen LogP contribution in [0, 0.1) is 0 Å². The van der Waals surface area contributed by atoms with E-state index in [-0.39, 0.29) is 17.9 Å². The van der Waals surface area contributed by atoms with E-state index < -0.39 is 0 Å². The quantitative estimate of drug-likeness (QED) is 0.835. The van der Waals surface area contributed by atoms with Crippen molar-refractivity contribution in [2.45, 2.75) is 45.2 Å². The molecule has 0 atom stereocenters. The number of rotatable bonds is 5. The maximum absolute atomic E-state index is 12.6. The molecule has 2 aromatic rings. The molecule has 0 N–H and O–H groups in total. The van der Waals surface area contributed by atoms with Gasteiger partial charge in [0.25, 0.3) is 5.91 Å². The minimum absolute atomic E-state index is 0.0443. The Morgan fingerprint density at radius 2 is 1.96 bits per heavy atom. The molecule has 1 aliphatic rings. The van der Waals surface area contributed by atoms with Gasteiger partial charge in [0.1, 0.15) is 5.76 Å². The average Bonchev–Trinajstić information content (AvgIpc) is 3.12. The van der Waals surface area contributed by atoms with Crippen molar-refractivity contribution in [1.82, 2.24) is 15.0 Å². The lowest BCUT2D eigenvalue weighted by Gasteiger charge is -2.36. The minimum Gasteiger partial charge on any atom is -0.360 e. The minimum atomic E-state index is -0.0443. The molecule has 1 aromatic heterocycles. The van der Waals surface area contributed by atoms with E-state index in [2.05, 4.69) is 34.3 Å². The van der Waals surface area contributed by atoms with Crippen LogP contribution in [-0.4, -0.2) is 47.0 Å². The number of piperidine rings is 1. The van der Waals surface area contributed by atoms with Crippen LogP contribution in [0.2, 0.25) is 0 Å². The molecule has 5 nitrogen and oxygen atoms in total. The molecule has 1 fully saturated rings. The molecule has 0 bridgehead atoms. The Morgan fingerprint density at radius 3 is 2.56 bits per heavy atom. The van der Waals surface area contributed by atoms with Crippen LogP contribution in [0.1, 0.15) is 54.4 Å². The highest BCUT2D eigenvalue weighted by molar-refractivity contribution is 5.92. The van der Waals surface area contributed by atoms with Crippen molar-refractivity contribution in [3.8, 4) is 0 Å². The molecule has 1 amide bonds. The van der Waals surface area contributed by atoms with Gasteiger partial charge in [-0.1, -0.05) is 49.3 Å². The van der Waals surface area contributed by atoms with Crippen LogP contribution in [0.3, 0.4) is 0 Å². The van der Waals surface area contributed by atoms with E-state index in [0.29, 0.717) is 5.69 Å². The number of benzene rings is 1. The van der Waals surface area contributed by atoms with Gasteiger partial charge in [0, 0.05) is 44.7 Å². The summed E-state index contributed by atoms with van der Waals surface area (Å²) in [7, 11) is 1.88. The predicted molar refractivity (Wildman–Crippen MR) is 97.4 cm³/mol. The lowest BCUT2D eigenvalue weighted by atomic mass is 10.0. The van der Waals surface area contributed by atoms with Gasteiger partial charge in [-0.3, -0.25) is 9.69 Å². The lowest BCUT2D eigenvalue weighted by Crippen LogP contribution is -2.45. The summed E-state index contributed by atoms with van der Waals surface area (Å²) in [6.45, 7) is 7.05. The fourth-order valence-electron chi connectivity index (χ4n) is 3.32. The highest BCUT2D eigenvalue weighted by atomic mass is 16.5. The summed E-state index contributed by atoms with van der Waals surface area (Å²) >= 11 is 0. The second kappa shape index (κ2) is 7.83. The molecule has 1 saturated heterocycles. The number of amides is 1. The third-order valence-electron chi connectivity index (χ3n) is 4.99. The van der Waals surface area contributed by atoms with E-state index in [1.165, 1.54) is 5.56 Å². The zero-order valence-corrected chi connectivity index (χ0v) is 15.3. The maximum Gasteiger partial charge on any atom is 0.276 e. The van der Waals surface area contributed by atoms with Gasteiger partial charge in [0.15, 0.2) is 5.69 Å². The van der Waals surface area contributed by atoms with Crippen molar-refractivity contribution in [1.29, 1.82) is 0 Å². The normalized spacial score (nSPS) is 16.3. The third kappa shape index (κ3) is 4.28. The molecule has 0 saturated carbocycles. The van der Waals surface area contributed by atoms with Crippen molar-refractivity contribution in [3.63, 3.8) is 0 Å². The van der Waals surface area contributed by atoms with Crippen molar-refractivity contribution in [2.24, 2.45) is 0 Å². The molecule has 0 unspecified atom stereocenters. The molecule has 1 aliphatic heterocycles. The highest BCUT2D eigenvalue weighted by Crippen LogP contribution is 2.21. The van der Waals surface area contributed by atoms with Crippen LogP contribution < -0.4 is 0 Å². The van der Waals surface area contributed by atoms with E-state index in [9.17, 15) is 4.79 Å². The molecule has 1 aromatic carbocycles. The SMILES string of the molecule is CC(C)c1cc(C(=O)N(C)C2CCN(Cc3ccccc3)CC2)no1. The van der Waals surface area contributed by atoms with Crippen LogP contribution in [-0.2, 0) is 6.54 Å². The number of hydrogen-bond donors (Lipinski definition) is 0. The lowest BCUT2D eigenvalue weighted by molar-refractivity contribution is 0.0626. The van der Waals surface area contributed by atoms with Crippen molar-refractivity contribution >= 4 is 5.91 Å². The van der Waals surface area contributed by atoms with Gasteiger partial charge in [0.05, 0.1) is 0 Å². The van der Waals surface area contributed by atoms with Crippen molar-refractivity contribution in [2.75, 3.05) is 20.1 Å². The molecule has 0 aliphatic carbocycles. The van der Waals surface area contributed by atoms with E-state index in [1.807, 2.05) is 31.9 Å². The monoisotopic (exact) mass is 341 g/mol. The Hall–Kier alpha value is -2.14. The fourth-order valence-corrected chi connectivity index (χ4v) is 3.32. The maximum atomic E-state index is 12.6. The first-order valence-corrected chi connectivity index (χ1v) is 9.04. The number of carbonyl (C=O) groups excluding carboxylic acids is 1. The number of carbonyl (C=O) groups is 1. The highest BCUT2D eigenvalue weighted by Gasteiger charge is 2.27. The summed E-state index contributed by atoms with van der Waals surface area (Å²) < 4.78 is 5.26. The largest absolute Gasteiger partial charge is 0.360 e. The molecule has 5 heteroatoms. The molecule has 25 heavy (non-hydrogen) atoms. The summed E-state index contributed by atoms with van der Waals surface area (Å²) in [5.74, 6) is 0.951. The Bertz CT molecular complexity index is 688. The van der Waals surface area contributed by atoms with Gasteiger partial charge < -0.3 is 9.42 Å². The van der Waals surface area contributed by atoms with Crippen LogP contribution in [0.4, 0.5) is 0 Å². The van der Waals surface area contributed by atoms with Crippen LogP contribution in [0.5, 0.6) is 0 Å². The Balaban J connectivity index is 1.53. The number of nitrogens with zero attached hydrogens (tertiary/aromatic N) is 3. The summed E-state index contributed by atoms with van der Waals surface area (Å²) in [4.78, 5) is 16.9. The zero-order valence-electron chi connectivity index (χ0n) is 15.3. The summed E-state index contributed by atoms with van der Waals surface area (Å²) in [5, 5.41) is 3.95. The average molecular weight is 341 g/mol. The second-order valence-electron chi connectivity index (χ2n) is 7.18. The van der Waals surface area contributed by atoms with Crippen molar-refractivity contribution < 1.29 is 9.32 Å². The zero-order chi connectivity index (χ0) is 17.8. The van der Waals surface area contributed by atoms with E-state index >= 15 is 0 Å². The Morgan fingerprint density at radius 1 is 1.28 bits per heavy atom. The number of likely N-dealkylation sites (tertiary alicyclic amines) is 1. The van der Waals surface area contributed by atoms with E-state index in [0.717, 1.165) is 38.2 Å². The predicted octanol–water partition coefficient (Wildman–Crippen LogP) is 3.53. The first kappa shape index (κ1) is 17.7. The molecule has 0 radical (unpaired) electrons. The number of aromatic nitrogens is 1. The van der Waals surface area contributed by atoms with Gasteiger partial charge >= 0.3 is 0 Å². The first-order valence-electron chi connectivity index (χ1n) is 9.04. The second-order valence-corrected chi connectivity index (χ2v) is 7.18. The molecular weight excluding hydrogens is 314 g/mol. The molecular formula is C20H27N3O2. The summed E-state index contributed by atoms with van der Waals surface area (Å²) in [5.41, 5.74) is 1.76. The van der Waals surface area contributed by atoms with Crippen molar-refractivity contribution in [3.05, 3.63) is 53.4 Å². The Kier molecular flexibility index (Phi) is 5.53. The molecule has 3 rings (SSSR count). The van der Waals surface area contributed by atoms with Gasteiger partial charge in [-0.25, -0.2) is 0 Å². The summed E-state index contributed by atoms with van der Waals surface area (Å²) in [6.07, 6.45) is 1.98. The van der Waals surface area contributed by atoms with Gasteiger partial charge in [-0.05, 0) is 18.4 Å². The molecule has 2 heterocycles. The summed E-state index contributed by atoms with van der Waals surface area (Å²) in [6, 6.07) is 12.6. The van der Waals surface area contributed by atoms with E-state index in [1.54, 1.807) is 6.07 Å². The van der Waals surface area contributed by atoms with Crippen LogP contribution in [0.25, 0.3) is 0 Å². The van der Waals surface area contributed by atoms with Crippen LogP contribution >= 0.6 is 0 Å². The van der Waals surface area contributed by atoms with Gasteiger partial charge in [0.2, 0.25) is 0 Å². The number of hydrogen-bond acceptors (Lipinski definition) is 4. The Labute approximate surface area is 149 Å².